The van der Waals surface area contributed by atoms with Gasteiger partial charge in [-0.05, 0) is 30.9 Å². The molecule has 4 rings (SSSR count). The number of likely N-dealkylation sites (tertiary alicyclic amines) is 1. The zero-order valence-corrected chi connectivity index (χ0v) is 17.0. The molecule has 1 saturated heterocycles. The van der Waals surface area contributed by atoms with Crippen molar-refractivity contribution in [3.05, 3.63) is 64.3 Å². The van der Waals surface area contributed by atoms with Crippen LogP contribution >= 0.6 is 0 Å². The molecule has 1 fully saturated rings. The summed E-state index contributed by atoms with van der Waals surface area (Å²) in [5, 5.41) is 0. The lowest BCUT2D eigenvalue weighted by Crippen LogP contribution is -2.20. The summed E-state index contributed by atoms with van der Waals surface area (Å²) >= 11 is 0. The van der Waals surface area contributed by atoms with Gasteiger partial charge in [0.2, 0.25) is 0 Å². The van der Waals surface area contributed by atoms with Crippen LogP contribution in [0.15, 0.2) is 47.7 Å². The van der Waals surface area contributed by atoms with Crippen molar-refractivity contribution < 1.29 is 0 Å². The molecule has 146 valence electrons. The molecule has 1 aliphatic rings. The first-order valence-electron chi connectivity index (χ1n) is 10.1. The Morgan fingerprint density at radius 3 is 2.59 bits per heavy atom. The standard InChI is InChI=1S/C18H20N4O.2C2H6/c23-18-17-16(20-12-21-18)15(9-19-17)11-22-7-6-14(10-22)8-13-4-2-1-3-5-13;2*1-2/h1-5,9,12,14,19H,6-8,10-11H2,(H,20,21,23);2*1-2H3/t14-;;/m0../s1. The number of aromatic nitrogens is 3. The van der Waals surface area contributed by atoms with Gasteiger partial charge in [0.05, 0.1) is 11.8 Å². The number of hydrogen-bond acceptors (Lipinski definition) is 3. The van der Waals surface area contributed by atoms with Crippen LogP contribution in [0, 0.1) is 5.92 Å². The first kappa shape index (κ1) is 20.9. The van der Waals surface area contributed by atoms with E-state index in [0.717, 1.165) is 37.1 Å². The molecular weight excluding hydrogens is 336 g/mol. The lowest BCUT2D eigenvalue weighted by molar-refractivity contribution is 0.317. The minimum atomic E-state index is -0.107. The van der Waals surface area contributed by atoms with Gasteiger partial charge in [0.1, 0.15) is 5.52 Å². The quantitative estimate of drug-likeness (QED) is 0.719. The van der Waals surface area contributed by atoms with Gasteiger partial charge < -0.3 is 9.97 Å². The molecule has 3 aromatic rings. The number of rotatable bonds is 4. The van der Waals surface area contributed by atoms with E-state index in [1.54, 1.807) is 0 Å². The molecule has 0 radical (unpaired) electrons. The third-order valence-corrected chi connectivity index (χ3v) is 4.68. The average Bonchev–Trinajstić information content (AvgIpc) is 3.34. The lowest BCUT2D eigenvalue weighted by atomic mass is 9.99. The Morgan fingerprint density at radius 1 is 1.11 bits per heavy atom. The van der Waals surface area contributed by atoms with Crippen molar-refractivity contribution in [3.8, 4) is 0 Å². The fraction of sp³-hybridized carbons (Fsp3) is 0.455. The zero-order valence-electron chi connectivity index (χ0n) is 17.0. The Balaban J connectivity index is 0.000000614. The topological polar surface area (TPSA) is 64.8 Å². The van der Waals surface area contributed by atoms with Crippen LogP contribution in [0.4, 0.5) is 0 Å². The SMILES string of the molecule is CC.CC.O=c1[nH]cnc2c(CN3CC[C@@H](Cc4ccccc4)C3)c[nH]c12. The predicted octanol–water partition coefficient (Wildman–Crippen LogP) is 4.37. The van der Waals surface area contributed by atoms with E-state index in [1.165, 1.54) is 18.3 Å². The molecule has 27 heavy (non-hydrogen) atoms. The number of benzene rings is 1. The van der Waals surface area contributed by atoms with Crippen LogP contribution in [0.5, 0.6) is 0 Å². The molecule has 0 aliphatic carbocycles. The Hall–Kier alpha value is -2.40. The fourth-order valence-corrected chi connectivity index (χ4v) is 3.54. The third-order valence-electron chi connectivity index (χ3n) is 4.68. The van der Waals surface area contributed by atoms with Gasteiger partial charge in [0, 0.05) is 24.8 Å². The molecule has 5 heteroatoms. The van der Waals surface area contributed by atoms with E-state index < -0.39 is 0 Å². The number of H-pyrrole nitrogens is 2. The molecule has 1 aliphatic heterocycles. The normalized spacial score (nSPS) is 16.4. The van der Waals surface area contributed by atoms with Gasteiger partial charge in [-0.1, -0.05) is 58.0 Å². The van der Waals surface area contributed by atoms with Crippen LogP contribution in [-0.2, 0) is 13.0 Å². The Kier molecular flexibility index (Phi) is 8.27. The maximum Gasteiger partial charge on any atom is 0.275 e. The van der Waals surface area contributed by atoms with Crippen molar-refractivity contribution in [1.29, 1.82) is 0 Å². The number of aromatic amines is 2. The maximum atomic E-state index is 11.7. The summed E-state index contributed by atoms with van der Waals surface area (Å²) in [4.78, 5) is 24.2. The van der Waals surface area contributed by atoms with Gasteiger partial charge in [-0.3, -0.25) is 9.69 Å². The molecular formula is C22H32N4O. The Labute approximate surface area is 161 Å². The van der Waals surface area contributed by atoms with Crippen LogP contribution < -0.4 is 5.56 Å². The summed E-state index contributed by atoms with van der Waals surface area (Å²) in [5.41, 5.74) is 3.78. The maximum absolute atomic E-state index is 11.7. The summed E-state index contributed by atoms with van der Waals surface area (Å²) in [5.74, 6) is 0.707. The molecule has 0 bridgehead atoms. The smallest absolute Gasteiger partial charge is 0.275 e. The highest BCUT2D eigenvalue weighted by atomic mass is 16.1. The van der Waals surface area contributed by atoms with Crippen molar-refractivity contribution in [2.24, 2.45) is 5.92 Å². The van der Waals surface area contributed by atoms with Gasteiger partial charge in [-0.15, -0.1) is 0 Å². The summed E-state index contributed by atoms with van der Waals surface area (Å²) in [6, 6.07) is 10.7. The van der Waals surface area contributed by atoms with Crippen molar-refractivity contribution in [1.82, 2.24) is 19.9 Å². The van der Waals surface area contributed by atoms with Crippen LogP contribution in [0.1, 0.15) is 45.2 Å². The highest BCUT2D eigenvalue weighted by Crippen LogP contribution is 2.23. The molecule has 2 aromatic heterocycles. The van der Waals surface area contributed by atoms with Crippen LogP contribution in [-0.4, -0.2) is 32.9 Å². The zero-order chi connectivity index (χ0) is 19.6. The highest BCUT2D eigenvalue weighted by molar-refractivity contribution is 5.77. The Morgan fingerprint density at radius 2 is 1.85 bits per heavy atom. The van der Waals surface area contributed by atoms with Crippen LogP contribution in [0.2, 0.25) is 0 Å². The number of hydrogen-bond donors (Lipinski definition) is 2. The predicted molar refractivity (Wildman–Crippen MR) is 113 cm³/mol. The molecule has 2 N–H and O–H groups in total. The van der Waals surface area contributed by atoms with E-state index in [9.17, 15) is 4.79 Å². The molecule has 0 spiro atoms. The number of nitrogens with one attached hydrogen (secondary N) is 2. The second-order valence-corrected chi connectivity index (χ2v) is 6.35. The second kappa shape index (κ2) is 10.7. The van der Waals surface area contributed by atoms with Gasteiger partial charge in [0.15, 0.2) is 0 Å². The van der Waals surface area contributed by atoms with E-state index in [2.05, 4.69) is 50.2 Å². The summed E-state index contributed by atoms with van der Waals surface area (Å²) in [7, 11) is 0. The Bertz CT molecular complexity index is 853. The molecule has 0 unspecified atom stereocenters. The van der Waals surface area contributed by atoms with E-state index in [1.807, 2.05) is 33.9 Å². The number of fused-ring (bicyclic) bond motifs is 1. The van der Waals surface area contributed by atoms with Crippen molar-refractivity contribution in [2.75, 3.05) is 13.1 Å². The molecule has 5 nitrogen and oxygen atoms in total. The molecule has 3 heterocycles. The highest BCUT2D eigenvalue weighted by Gasteiger charge is 2.23. The van der Waals surface area contributed by atoms with Crippen LogP contribution in [0.25, 0.3) is 11.0 Å². The van der Waals surface area contributed by atoms with Gasteiger partial charge >= 0.3 is 0 Å². The minimum absolute atomic E-state index is 0.107. The minimum Gasteiger partial charge on any atom is -0.355 e. The van der Waals surface area contributed by atoms with Gasteiger partial charge in [-0.25, -0.2) is 4.98 Å². The van der Waals surface area contributed by atoms with Gasteiger partial charge in [0.25, 0.3) is 5.56 Å². The fourth-order valence-electron chi connectivity index (χ4n) is 3.54. The summed E-state index contributed by atoms with van der Waals surface area (Å²) in [6.45, 7) is 11.1. The van der Waals surface area contributed by atoms with Crippen molar-refractivity contribution in [2.45, 2.75) is 47.1 Å². The van der Waals surface area contributed by atoms with E-state index in [4.69, 9.17) is 0 Å². The van der Waals surface area contributed by atoms with Crippen molar-refractivity contribution >= 4 is 11.0 Å². The summed E-state index contributed by atoms with van der Waals surface area (Å²) < 4.78 is 0. The molecule has 0 amide bonds. The molecule has 1 aromatic carbocycles. The number of nitrogens with zero attached hydrogens (tertiary/aromatic N) is 2. The van der Waals surface area contributed by atoms with E-state index in [0.29, 0.717) is 11.4 Å². The molecule has 0 saturated carbocycles. The van der Waals surface area contributed by atoms with Crippen LogP contribution in [0.3, 0.4) is 0 Å². The monoisotopic (exact) mass is 368 g/mol. The largest absolute Gasteiger partial charge is 0.355 e. The second-order valence-electron chi connectivity index (χ2n) is 6.35. The van der Waals surface area contributed by atoms with Gasteiger partial charge in [-0.2, -0.15) is 0 Å². The lowest BCUT2D eigenvalue weighted by Gasteiger charge is -2.15. The van der Waals surface area contributed by atoms with E-state index >= 15 is 0 Å². The van der Waals surface area contributed by atoms with E-state index in [-0.39, 0.29) is 5.56 Å². The molecule has 1 atom stereocenters. The first-order valence-corrected chi connectivity index (χ1v) is 10.1. The van der Waals surface area contributed by atoms with Crippen molar-refractivity contribution in [3.63, 3.8) is 0 Å². The summed E-state index contributed by atoms with van der Waals surface area (Å²) in [6.07, 6.45) is 5.76. The first-order chi connectivity index (χ1) is 13.3. The third kappa shape index (κ3) is 5.30. The average molecular weight is 369 g/mol.